The first-order chi connectivity index (χ1) is 5.74. The molecule has 0 aliphatic carbocycles. The Bertz CT molecular complexity index is 287. The van der Waals surface area contributed by atoms with E-state index >= 15 is 0 Å². The van der Waals surface area contributed by atoms with Crippen molar-refractivity contribution < 1.29 is 4.42 Å². The third-order valence-electron chi connectivity index (χ3n) is 1.55. The first-order valence-corrected chi connectivity index (χ1v) is 3.76. The number of nitrogens with one attached hydrogen (secondary N) is 1. The second kappa shape index (κ2) is 3.88. The standard InChI is InChI=1S/C8H11N3O/c1-6(10-4-3-9)8-5-11-7(2)12-8/h5-6,10H,4H2,1-2H3. The number of oxazole rings is 1. The molecule has 4 nitrogen and oxygen atoms in total. The molecular weight excluding hydrogens is 154 g/mol. The summed E-state index contributed by atoms with van der Waals surface area (Å²) in [6, 6.07) is 2.05. The summed E-state index contributed by atoms with van der Waals surface area (Å²) in [5, 5.41) is 11.3. The molecule has 1 aromatic heterocycles. The first-order valence-electron chi connectivity index (χ1n) is 3.76. The van der Waals surface area contributed by atoms with Gasteiger partial charge in [0.25, 0.3) is 0 Å². The van der Waals surface area contributed by atoms with Crippen molar-refractivity contribution in [3.8, 4) is 6.07 Å². The lowest BCUT2D eigenvalue weighted by molar-refractivity contribution is 0.422. The Morgan fingerprint density at radius 2 is 2.58 bits per heavy atom. The van der Waals surface area contributed by atoms with Crippen molar-refractivity contribution in [3.05, 3.63) is 17.8 Å². The highest BCUT2D eigenvalue weighted by Gasteiger charge is 2.08. The number of hydrogen-bond acceptors (Lipinski definition) is 4. The zero-order valence-corrected chi connectivity index (χ0v) is 7.16. The Morgan fingerprint density at radius 1 is 1.83 bits per heavy atom. The average molecular weight is 165 g/mol. The van der Waals surface area contributed by atoms with Gasteiger partial charge in [0, 0.05) is 6.92 Å². The molecule has 4 heteroatoms. The van der Waals surface area contributed by atoms with E-state index in [0.717, 1.165) is 5.76 Å². The van der Waals surface area contributed by atoms with Gasteiger partial charge in [0.05, 0.1) is 24.9 Å². The van der Waals surface area contributed by atoms with Crippen molar-refractivity contribution in [2.75, 3.05) is 6.54 Å². The fourth-order valence-corrected chi connectivity index (χ4v) is 0.877. The average Bonchev–Trinajstić information content (AvgIpc) is 2.47. The summed E-state index contributed by atoms with van der Waals surface area (Å²) >= 11 is 0. The number of aryl methyl sites for hydroxylation is 1. The minimum absolute atomic E-state index is 0.0471. The van der Waals surface area contributed by atoms with E-state index in [0.29, 0.717) is 12.4 Å². The summed E-state index contributed by atoms with van der Waals surface area (Å²) in [5.41, 5.74) is 0. The molecule has 0 spiro atoms. The molecule has 0 amide bonds. The third kappa shape index (κ3) is 2.07. The molecule has 0 saturated heterocycles. The number of nitriles is 1. The number of rotatable bonds is 3. The fourth-order valence-electron chi connectivity index (χ4n) is 0.877. The van der Waals surface area contributed by atoms with Crippen molar-refractivity contribution >= 4 is 0 Å². The maximum Gasteiger partial charge on any atom is 0.191 e. The maximum atomic E-state index is 8.31. The highest BCUT2D eigenvalue weighted by atomic mass is 16.4. The van der Waals surface area contributed by atoms with Gasteiger partial charge in [-0.2, -0.15) is 5.26 Å². The van der Waals surface area contributed by atoms with E-state index in [9.17, 15) is 0 Å². The zero-order valence-electron chi connectivity index (χ0n) is 7.16. The monoisotopic (exact) mass is 165 g/mol. The van der Waals surface area contributed by atoms with E-state index in [1.54, 1.807) is 13.1 Å². The van der Waals surface area contributed by atoms with Crippen LogP contribution in [0.3, 0.4) is 0 Å². The van der Waals surface area contributed by atoms with Crippen LogP contribution in [-0.4, -0.2) is 11.5 Å². The van der Waals surface area contributed by atoms with Gasteiger partial charge in [-0.25, -0.2) is 4.98 Å². The highest BCUT2D eigenvalue weighted by Crippen LogP contribution is 2.12. The van der Waals surface area contributed by atoms with Gasteiger partial charge in [0.1, 0.15) is 5.76 Å². The van der Waals surface area contributed by atoms with Gasteiger partial charge in [0.15, 0.2) is 5.89 Å². The molecule has 64 valence electrons. The van der Waals surface area contributed by atoms with Crippen molar-refractivity contribution in [2.24, 2.45) is 0 Å². The van der Waals surface area contributed by atoms with E-state index in [1.165, 1.54) is 0 Å². The van der Waals surface area contributed by atoms with Crippen molar-refractivity contribution in [1.29, 1.82) is 5.26 Å². The van der Waals surface area contributed by atoms with Crippen LogP contribution in [0.5, 0.6) is 0 Å². The summed E-state index contributed by atoms with van der Waals surface area (Å²) < 4.78 is 5.26. The summed E-state index contributed by atoms with van der Waals surface area (Å²) in [5.74, 6) is 1.42. The van der Waals surface area contributed by atoms with Crippen LogP contribution in [0.4, 0.5) is 0 Å². The van der Waals surface area contributed by atoms with Crippen LogP contribution in [0.25, 0.3) is 0 Å². The Morgan fingerprint density at radius 3 is 3.08 bits per heavy atom. The lowest BCUT2D eigenvalue weighted by Crippen LogP contribution is -2.17. The molecule has 12 heavy (non-hydrogen) atoms. The quantitative estimate of drug-likeness (QED) is 0.682. The smallest absolute Gasteiger partial charge is 0.191 e. The van der Waals surface area contributed by atoms with Crippen LogP contribution < -0.4 is 5.32 Å². The molecule has 1 N–H and O–H groups in total. The molecular formula is C8H11N3O. The number of nitrogens with zero attached hydrogens (tertiary/aromatic N) is 2. The van der Waals surface area contributed by atoms with E-state index in [2.05, 4.69) is 10.3 Å². The lowest BCUT2D eigenvalue weighted by atomic mass is 10.3. The molecule has 1 rings (SSSR count). The highest BCUT2D eigenvalue weighted by molar-refractivity contribution is 4.99. The topological polar surface area (TPSA) is 61.9 Å². The summed E-state index contributed by atoms with van der Waals surface area (Å²) in [6.45, 7) is 4.04. The number of hydrogen-bond donors (Lipinski definition) is 1. The second-order valence-corrected chi connectivity index (χ2v) is 2.54. The molecule has 0 aromatic carbocycles. The fraction of sp³-hybridized carbons (Fsp3) is 0.500. The summed E-state index contributed by atoms with van der Waals surface area (Å²) in [4.78, 5) is 3.96. The molecule has 0 aliphatic rings. The molecule has 0 saturated carbocycles. The molecule has 0 aliphatic heterocycles. The van der Waals surface area contributed by atoms with Crippen LogP contribution in [0.2, 0.25) is 0 Å². The van der Waals surface area contributed by atoms with E-state index in [4.69, 9.17) is 9.68 Å². The SMILES string of the molecule is Cc1ncc(C(C)NCC#N)o1. The van der Waals surface area contributed by atoms with Crippen LogP contribution in [0, 0.1) is 18.3 Å². The summed E-state index contributed by atoms with van der Waals surface area (Å²) in [6.07, 6.45) is 1.67. The first kappa shape index (κ1) is 8.75. The Labute approximate surface area is 71.2 Å². The van der Waals surface area contributed by atoms with Gasteiger partial charge in [0.2, 0.25) is 0 Å². The van der Waals surface area contributed by atoms with Gasteiger partial charge in [-0.05, 0) is 6.92 Å². The maximum absolute atomic E-state index is 8.31. The Balaban J connectivity index is 2.54. The number of aromatic nitrogens is 1. The van der Waals surface area contributed by atoms with Crippen molar-refractivity contribution in [2.45, 2.75) is 19.9 Å². The third-order valence-corrected chi connectivity index (χ3v) is 1.55. The second-order valence-electron chi connectivity index (χ2n) is 2.54. The molecule has 1 aromatic rings. The van der Waals surface area contributed by atoms with Crippen LogP contribution >= 0.6 is 0 Å². The van der Waals surface area contributed by atoms with Gasteiger partial charge in [-0.3, -0.25) is 5.32 Å². The van der Waals surface area contributed by atoms with E-state index in [1.807, 2.05) is 13.0 Å². The van der Waals surface area contributed by atoms with E-state index < -0.39 is 0 Å². The summed E-state index contributed by atoms with van der Waals surface area (Å²) in [7, 11) is 0. The lowest BCUT2D eigenvalue weighted by Gasteiger charge is -2.05. The van der Waals surface area contributed by atoms with Gasteiger partial charge in [-0.15, -0.1) is 0 Å². The molecule has 1 heterocycles. The van der Waals surface area contributed by atoms with Gasteiger partial charge in [-0.1, -0.05) is 0 Å². The Kier molecular flexibility index (Phi) is 2.83. The van der Waals surface area contributed by atoms with Gasteiger partial charge >= 0.3 is 0 Å². The van der Waals surface area contributed by atoms with Gasteiger partial charge < -0.3 is 4.42 Å². The van der Waals surface area contributed by atoms with E-state index in [-0.39, 0.29) is 6.04 Å². The zero-order chi connectivity index (χ0) is 8.97. The molecule has 0 bridgehead atoms. The largest absolute Gasteiger partial charge is 0.444 e. The predicted octanol–water partition coefficient (Wildman–Crippen LogP) is 1.16. The van der Waals surface area contributed by atoms with Crippen molar-refractivity contribution in [3.63, 3.8) is 0 Å². The normalized spacial score (nSPS) is 12.4. The molecule has 1 atom stereocenters. The minimum atomic E-state index is 0.0471. The van der Waals surface area contributed by atoms with Crippen LogP contribution in [-0.2, 0) is 0 Å². The minimum Gasteiger partial charge on any atom is -0.444 e. The molecule has 1 unspecified atom stereocenters. The van der Waals surface area contributed by atoms with Crippen LogP contribution in [0.15, 0.2) is 10.6 Å². The molecule has 0 radical (unpaired) electrons. The molecule has 0 fully saturated rings. The predicted molar refractivity (Wildman–Crippen MR) is 43.3 cm³/mol. The Hall–Kier alpha value is -1.34. The van der Waals surface area contributed by atoms with Crippen molar-refractivity contribution in [1.82, 2.24) is 10.3 Å². The van der Waals surface area contributed by atoms with Crippen LogP contribution in [0.1, 0.15) is 24.6 Å².